The van der Waals surface area contributed by atoms with Crippen LogP contribution in [0.2, 0.25) is 0 Å². The second kappa shape index (κ2) is 9.18. The summed E-state index contributed by atoms with van der Waals surface area (Å²) >= 11 is 1.04. The first-order chi connectivity index (χ1) is 14.3. The smallest absolute Gasteiger partial charge is 0.329 e. The second-order valence-electron chi connectivity index (χ2n) is 6.59. The standard InChI is InChI=1S/C19H22N4O6S/c1-11-6-4-5-7-13(11)29-9-12(24)8-23-15-16(22(2)18(27)21-17(15)26)20-19(23)30-10-14(25)28-3/h4-7,12,24H,8-10H2,1-3H3,(H,21,26,27)/t12-/m1/s1. The summed E-state index contributed by atoms with van der Waals surface area (Å²) in [6.07, 6.45) is -0.976. The minimum Gasteiger partial charge on any atom is -0.491 e. The molecule has 3 rings (SSSR count). The number of aromatic nitrogens is 4. The first-order valence-electron chi connectivity index (χ1n) is 9.07. The number of aryl methyl sites for hydroxylation is 2. The minimum atomic E-state index is -0.976. The molecule has 2 heterocycles. The molecule has 0 aliphatic heterocycles. The van der Waals surface area contributed by atoms with Crippen LogP contribution in [0.5, 0.6) is 5.75 Å². The number of H-pyrrole nitrogens is 1. The van der Waals surface area contributed by atoms with Gasteiger partial charge in [-0.15, -0.1) is 0 Å². The molecule has 160 valence electrons. The van der Waals surface area contributed by atoms with Gasteiger partial charge in [0.15, 0.2) is 16.3 Å². The molecule has 30 heavy (non-hydrogen) atoms. The Bertz CT molecular complexity index is 1180. The van der Waals surface area contributed by atoms with E-state index in [9.17, 15) is 19.5 Å². The van der Waals surface area contributed by atoms with Crippen molar-refractivity contribution in [3.63, 3.8) is 0 Å². The Morgan fingerprint density at radius 1 is 1.33 bits per heavy atom. The van der Waals surface area contributed by atoms with E-state index in [-0.39, 0.29) is 30.1 Å². The number of rotatable bonds is 8. The number of nitrogens with zero attached hydrogens (tertiary/aromatic N) is 3. The number of hydrogen-bond acceptors (Lipinski definition) is 8. The van der Waals surface area contributed by atoms with E-state index in [1.165, 1.54) is 23.3 Å². The molecule has 0 bridgehead atoms. The Hall–Kier alpha value is -3.05. The van der Waals surface area contributed by atoms with Crippen LogP contribution in [0.15, 0.2) is 39.0 Å². The molecule has 0 aliphatic carbocycles. The predicted molar refractivity (Wildman–Crippen MR) is 111 cm³/mol. The number of nitrogens with one attached hydrogen (secondary N) is 1. The lowest BCUT2D eigenvalue weighted by Crippen LogP contribution is -2.30. The average Bonchev–Trinajstić information content (AvgIpc) is 3.08. The number of carbonyl (C=O) groups excluding carboxylic acids is 1. The van der Waals surface area contributed by atoms with Gasteiger partial charge in [0, 0.05) is 7.05 Å². The first kappa shape index (κ1) is 21.7. The Morgan fingerprint density at radius 3 is 2.77 bits per heavy atom. The third-order valence-corrected chi connectivity index (χ3v) is 5.39. The molecule has 0 amide bonds. The van der Waals surface area contributed by atoms with Crippen LogP contribution < -0.4 is 16.0 Å². The maximum absolute atomic E-state index is 12.4. The molecule has 10 nitrogen and oxygen atoms in total. The number of thioether (sulfide) groups is 1. The normalized spacial score (nSPS) is 12.1. The fourth-order valence-corrected chi connectivity index (χ4v) is 3.68. The van der Waals surface area contributed by atoms with E-state index >= 15 is 0 Å². The summed E-state index contributed by atoms with van der Waals surface area (Å²) in [5, 5.41) is 10.8. The zero-order chi connectivity index (χ0) is 21.8. The summed E-state index contributed by atoms with van der Waals surface area (Å²) in [5.74, 6) is 0.138. The third kappa shape index (κ3) is 4.57. The number of aliphatic hydroxyl groups excluding tert-OH is 1. The van der Waals surface area contributed by atoms with E-state index in [4.69, 9.17) is 4.74 Å². The molecule has 0 unspecified atom stereocenters. The number of benzene rings is 1. The molecule has 11 heteroatoms. The van der Waals surface area contributed by atoms with Gasteiger partial charge >= 0.3 is 11.7 Å². The SMILES string of the molecule is COC(=O)CSc1nc2c(c(=O)[nH]c(=O)n2C)n1C[C@@H](O)COc1ccccc1C. The summed E-state index contributed by atoms with van der Waals surface area (Å²) in [4.78, 5) is 42.5. The molecule has 1 aromatic carbocycles. The van der Waals surface area contributed by atoms with Gasteiger partial charge in [0.25, 0.3) is 5.56 Å². The van der Waals surface area contributed by atoms with Crippen molar-refractivity contribution < 1.29 is 19.4 Å². The third-order valence-electron chi connectivity index (χ3n) is 4.44. The van der Waals surface area contributed by atoms with Crippen molar-refractivity contribution in [2.24, 2.45) is 7.05 Å². The van der Waals surface area contributed by atoms with Crippen LogP contribution in [0, 0.1) is 6.92 Å². The molecular formula is C19H22N4O6S. The van der Waals surface area contributed by atoms with Crippen LogP contribution in [0.4, 0.5) is 0 Å². The lowest BCUT2D eigenvalue weighted by molar-refractivity contribution is -0.137. The number of ether oxygens (including phenoxy) is 2. The number of aliphatic hydroxyl groups is 1. The molecule has 2 aromatic heterocycles. The zero-order valence-corrected chi connectivity index (χ0v) is 17.6. The first-order valence-corrected chi connectivity index (χ1v) is 10.1. The number of carbonyl (C=O) groups is 1. The minimum absolute atomic E-state index is 0.0185. The fourth-order valence-electron chi connectivity index (χ4n) is 2.84. The van der Waals surface area contributed by atoms with Crippen LogP contribution >= 0.6 is 11.8 Å². The van der Waals surface area contributed by atoms with Crippen molar-refractivity contribution in [1.82, 2.24) is 19.1 Å². The van der Waals surface area contributed by atoms with E-state index in [2.05, 4.69) is 14.7 Å². The number of para-hydroxylation sites is 1. The van der Waals surface area contributed by atoms with Gasteiger partial charge in [-0.05, 0) is 18.6 Å². The summed E-state index contributed by atoms with van der Waals surface area (Å²) in [6, 6.07) is 7.41. The highest BCUT2D eigenvalue weighted by Crippen LogP contribution is 2.22. The van der Waals surface area contributed by atoms with E-state index in [1.54, 1.807) is 6.07 Å². The molecule has 0 fully saturated rings. The number of imidazole rings is 1. The molecule has 0 aliphatic rings. The van der Waals surface area contributed by atoms with Crippen molar-refractivity contribution in [3.05, 3.63) is 50.7 Å². The molecule has 0 radical (unpaired) electrons. The van der Waals surface area contributed by atoms with Crippen LogP contribution in [-0.4, -0.2) is 55.8 Å². The molecular weight excluding hydrogens is 412 g/mol. The Labute approximate surface area is 175 Å². The Balaban J connectivity index is 1.90. The predicted octanol–water partition coefficient (Wildman–Crippen LogP) is 0.437. The molecule has 2 N–H and O–H groups in total. The Morgan fingerprint density at radius 2 is 2.07 bits per heavy atom. The van der Waals surface area contributed by atoms with Gasteiger partial charge in [-0.1, -0.05) is 30.0 Å². The number of methoxy groups -OCH3 is 1. The highest BCUT2D eigenvalue weighted by Gasteiger charge is 2.21. The zero-order valence-electron chi connectivity index (χ0n) is 16.7. The van der Waals surface area contributed by atoms with E-state index in [0.717, 1.165) is 17.3 Å². The second-order valence-corrected chi connectivity index (χ2v) is 7.53. The summed E-state index contributed by atoms with van der Waals surface area (Å²) < 4.78 is 13.0. The van der Waals surface area contributed by atoms with Crippen LogP contribution in [0.1, 0.15) is 5.56 Å². The lowest BCUT2D eigenvalue weighted by Gasteiger charge is -2.16. The molecule has 3 aromatic rings. The van der Waals surface area contributed by atoms with Crippen LogP contribution in [0.3, 0.4) is 0 Å². The number of hydrogen-bond donors (Lipinski definition) is 2. The van der Waals surface area contributed by atoms with Gasteiger partial charge in [-0.25, -0.2) is 9.78 Å². The maximum atomic E-state index is 12.4. The average molecular weight is 434 g/mol. The summed E-state index contributed by atoms with van der Waals surface area (Å²) in [7, 11) is 2.75. The van der Waals surface area contributed by atoms with Crippen molar-refractivity contribution in [3.8, 4) is 5.75 Å². The van der Waals surface area contributed by atoms with E-state index < -0.39 is 23.3 Å². The van der Waals surface area contributed by atoms with Gasteiger partial charge in [0.1, 0.15) is 18.5 Å². The maximum Gasteiger partial charge on any atom is 0.329 e. The van der Waals surface area contributed by atoms with Crippen LogP contribution in [-0.2, 0) is 23.1 Å². The fraction of sp³-hybridized carbons (Fsp3) is 0.368. The van der Waals surface area contributed by atoms with Crippen LogP contribution in [0.25, 0.3) is 11.2 Å². The van der Waals surface area contributed by atoms with E-state index in [1.807, 2.05) is 25.1 Å². The van der Waals surface area contributed by atoms with Crippen molar-refractivity contribution in [2.45, 2.75) is 24.7 Å². The number of esters is 1. The largest absolute Gasteiger partial charge is 0.491 e. The highest BCUT2D eigenvalue weighted by molar-refractivity contribution is 7.99. The molecule has 1 atom stereocenters. The van der Waals surface area contributed by atoms with Gasteiger partial charge in [-0.2, -0.15) is 0 Å². The molecule has 0 spiro atoms. The number of fused-ring (bicyclic) bond motifs is 1. The highest BCUT2D eigenvalue weighted by atomic mass is 32.2. The van der Waals surface area contributed by atoms with Crippen molar-refractivity contribution >= 4 is 28.9 Å². The van der Waals surface area contributed by atoms with Crippen molar-refractivity contribution in [1.29, 1.82) is 0 Å². The topological polar surface area (TPSA) is 128 Å². The van der Waals surface area contributed by atoms with Crippen molar-refractivity contribution in [2.75, 3.05) is 19.5 Å². The monoisotopic (exact) mass is 434 g/mol. The van der Waals surface area contributed by atoms with E-state index in [0.29, 0.717) is 10.9 Å². The molecule has 0 saturated heterocycles. The lowest BCUT2D eigenvalue weighted by atomic mass is 10.2. The van der Waals surface area contributed by atoms with Gasteiger partial charge in [0.2, 0.25) is 0 Å². The molecule has 0 saturated carbocycles. The number of aromatic amines is 1. The quantitative estimate of drug-likeness (QED) is 0.386. The summed E-state index contributed by atoms with van der Waals surface area (Å²) in [5.41, 5.74) is -0.0243. The van der Waals surface area contributed by atoms with Gasteiger partial charge < -0.3 is 19.1 Å². The van der Waals surface area contributed by atoms with Gasteiger partial charge in [-0.3, -0.25) is 19.1 Å². The summed E-state index contributed by atoms with van der Waals surface area (Å²) in [6.45, 7) is 1.86. The Kier molecular flexibility index (Phi) is 6.63. The van der Waals surface area contributed by atoms with Gasteiger partial charge in [0.05, 0.1) is 19.4 Å².